The largest absolute Gasteiger partial charge is 0.356 e. The van der Waals surface area contributed by atoms with Crippen LogP contribution in [-0.2, 0) is 24.1 Å². The highest BCUT2D eigenvalue weighted by Crippen LogP contribution is 2.26. The van der Waals surface area contributed by atoms with Gasteiger partial charge in [-0.05, 0) is 37.8 Å². The number of guanidine groups is 1. The zero-order valence-corrected chi connectivity index (χ0v) is 19.5. The van der Waals surface area contributed by atoms with Crippen molar-refractivity contribution in [2.75, 3.05) is 39.5 Å². The summed E-state index contributed by atoms with van der Waals surface area (Å²) in [6.07, 6.45) is 5.73. The van der Waals surface area contributed by atoms with Crippen molar-refractivity contribution in [2.24, 2.45) is 4.99 Å². The lowest BCUT2D eigenvalue weighted by Crippen LogP contribution is -2.40. The summed E-state index contributed by atoms with van der Waals surface area (Å²) in [6.45, 7) is 1.66. The Labute approximate surface area is 187 Å². The number of aliphatic imine (C=N–C) groups is 1. The number of nitrogens with one attached hydrogen (secondary N) is 2. The first-order valence-corrected chi connectivity index (χ1v) is 12.3. The van der Waals surface area contributed by atoms with Crippen LogP contribution in [0.5, 0.6) is 0 Å². The third-order valence-corrected chi connectivity index (χ3v) is 7.03. The maximum atomic E-state index is 11.9. The topological polar surface area (TPSA) is 69.6 Å². The van der Waals surface area contributed by atoms with Crippen LogP contribution in [-0.4, -0.2) is 61.2 Å². The number of aromatic nitrogens is 1. The molecule has 1 aromatic heterocycles. The number of hydrogen-bond donors (Lipinski definition) is 2. The maximum Gasteiger partial charge on any atom is 0.243 e. The molecule has 1 aliphatic carbocycles. The van der Waals surface area contributed by atoms with E-state index in [-0.39, 0.29) is 12.5 Å². The fourth-order valence-corrected chi connectivity index (χ4v) is 5.06. The number of fused-ring (bicyclic) bond motifs is 1. The minimum absolute atomic E-state index is 0.0117. The molecule has 1 amide bonds. The molecule has 0 saturated heterocycles. The van der Waals surface area contributed by atoms with Crippen LogP contribution in [0.25, 0.3) is 0 Å². The smallest absolute Gasteiger partial charge is 0.243 e. The van der Waals surface area contributed by atoms with Gasteiger partial charge in [0, 0.05) is 49.1 Å². The van der Waals surface area contributed by atoms with E-state index in [1.54, 1.807) is 30.8 Å². The van der Waals surface area contributed by atoms with Crippen LogP contribution >= 0.6 is 23.1 Å². The van der Waals surface area contributed by atoms with Gasteiger partial charge in [0.2, 0.25) is 5.91 Å². The lowest BCUT2D eigenvalue weighted by atomic mass is 10.0. The maximum absolute atomic E-state index is 11.9. The molecule has 0 saturated carbocycles. The van der Waals surface area contributed by atoms with Crippen molar-refractivity contribution in [1.29, 1.82) is 0 Å². The van der Waals surface area contributed by atoms with Crippen molar-refractivity contribution in [3.05, 3.63) is 45.9 Å². The van der Waals surface area contributed by atoms with Gasteiger partial charge >= 0.3 is 0 Å². The quantitative estimate of drug-likeness (QED) is 0.269. The van der Waals surface area contributed by atoms with Crippen LogP contribution in [0.1, 0.15) is 28.4 Å². The molecule has 0 radical (unpaired) electrons. The van der Waals surface area contributed by atoms with E-state index in [2.05, 4.69) is 27.8 Å². The van der Waals surface area contributed by atoms with Gasteiger partial charge < -0.3 is 15.5 Å². The van der Waals surface area contributed by atoms with Gasteiger partial charge in [-0.3, -0.25) is 4.79 Å². The van der Waals surface area contributed by atoms with Gasteiger partial charge in [0.1, 0.15) is 6.54 Å². The monoisotopic (exact) mass is 445 g/mol. The summed E-state index contributed by atoms with van der Waals surface area (Å²) >= 11 is 3.65. The first-order chi connectivity index (χ1) is 14.6. The molecule has 0 bridgehead atoms. The molecule has 1 aliphatic rings. The SMILES string of the molecule is CN(C)C(=O)CN=C(NCCSc1ccccc1)NCCc1nc2c(s1)CCCC2. The summed E-state index contributed by atoms with van der Waals surface area (Å²) in [4.78, 5) is 25.5. The fraction of sp³-hybridized carbons (Fsp3) is 0.500. The van der Waals surface area contributed by atoms with E-state index in [9.17, 15) is 4.79 Å². The number of nitrogens with zero attached hydrogens (tertiary/aromatic N) is 3. The van der Waals surface area contributed by atoms with Crippen molar-refractivity contribution < 1.29 is 4.79 Å². The zero-order valence-electron chi connectivity index (χ0n) is 17.8. The Morgan fingerprint density at radius 1 is 1.17 bits per heavy atom. The number of likely N-dealkylation sites (N-methyl/N-ethyl adjacent to an activating group) is 1. The predicted molar refractivity (Wildman–Crippen MR) is 127 cm³/mol. The molecule has 8 heteroatoms. The van der Waals surface area contributed by atoms with Crippen LogP contribution in [0.15, 0.2) is 40.2 Å². The van der Waals surface area contributed by atoms with Crippen molar-refractivity contribution in [3.63, 3.8) is 0 Å². The van der Waals surface area contributed by atoms with Crippen molar-refractivity contribution in [1.82, 2.24) is 20.5 Å². The van der Waals surface area contributed by atoms with Crippen molar-refractivity contribution >= 4 is 35.0 Å². The zero-order chi connectivity index (χ0) is 21.2. The van der Waals surface area contributed by atoms with Gasteiger partial charge in [-0.1, -0.05) is 18.2 Å². The van der Waals surface area contributed by atoms with Crippen LogP contribution in [0.3, 0.4) is 0 Å². The lowest BCUT2D eigenvalue weighted by molar-refractivity contribution is -0.127. The molecule has 0 spiro atoms. The first-order valence-electron chi connectivity index (χ1n) is 10.5. The molecule has 1 aromatic carbocycles. The van der Waals surface area contributed by atoms with E-state index in [0.717, 1.165) is 31.7 Å². The summed E-state index contributed by atoms with van der Waals surface area (Å²) in [5.74, 6) is 1.59. The molecule has 0 fully saturated rings. The number of carbonyl (C=O) groups excluding carboxylic acids is 1. The number of amides is 1. The minimum atomic E-state index is -0.0117. The Bertz CT molecular complexity index is 812. The fourth-order valence-electron chi connectivity index (χ4n) is 3.12. The average molecular weight is 446 g/mol. The highest BCUT2D eigenvalue weighted by Gasteiger charge is 2.15. The van der Waals surface area contributed by atoms with E-state index in [1.165, 1.54) is 39.7 Å². The van der Waals surface area contributed by atoms with E-state index in [4.69, 9.17) is 4.98 Å². The Balaban J connectivity index is 1.47. The standard InChI is InChI=1S/C22H31N5OS2/c1-27(2)21(28)16-25-22(24-14-15-29-17-8-4-3-5-9-17)23-13-12-20-26-18-10-6-7-11-19(18)30-20/h3-5,8-9H,6-7,10-16H2,1-2H3,(H2,23,24,25). The highest BCUT2D eigenvalue weighted by molar-refractivity contribution is 7.99. The van der Waals surface area contributed by atoms with Crippen LogP contribution < -0.4 is 10.6 Å². The highest BCUT2D eigenvalue weighted by atomic mass is 32.2. The second-order valence-electron chi connectivity index (χ2n) is 7.40. The summed E-state index contributed by atoms with van der Waals surface area (Å²) in [6, 6.07) is 10.3. The van der Waals surface area contributed by atoms with Crippen LogP contribution in [0.2, 0.25) is 0 Å². The van der Waals surface area contributed by atoms with E-state index < -0.39 is 0 Å². The summed E-state index contributed by atoms with van der Waals surface area (Å²) in [5, 5.41) is 7.91. The molecule has 2 N–H and O–H groups in total. The van der Waals surface area contributed by atoms with Crippen molar-refractivity contribution in [2.45, 2.75) is 37.0 Å². The molecule has 2 aromatic rings. The van der Waals surface area contributed by atoms with E-state index >= 15 is 0 Å². The summed E-state index contributed by atoms with van der Waals surface area (Å²) < 4.78 is 0. The number of carbonyl (C=O) groups is 1. The van der Waals surface area contributed by atoms with E-state index in [0.29, 0.717) is 5.96 Å². The molecule has 0 unspecified atom stereocenters. The number of rotatable bonds is 9. The lowest BCUT2D eigenvalue weighted by Gasteiger charge is -2.13. The molecule has 6 nitrogen and oxygen atoms in total. The molecule has 3 rings (SSSR count). The second-order valence-corrected chi connectivity index (χ2v) is 9.74. The van der Waals surface area contributed by atoms with Gasteiger partial charge in [-0.25, -0.2) is 9.98 Å². The van der Waals surface area contributed by atoms with Gasteiger partial charge in [-0.2, -0.15) is 0 Å². The van der Waals surface area contributed by atoms with Gasteiger partial charge in [0.05, 0.1) is 10.7 Å². The molecular weight excluding hydrogens is 414 g/mol. The molecule has 30 heavy (non-hydrogen) atoms. The Morgan fingerprint density at radius 2 is 1.93 bits per heavy atom. The molecule has 0 atom stereocenters. The Hall–Kier alpha value is -2.06. The number of hydrogen-bond acceptors (Lipinski definition) is 5. The first kappa shape index (κ1) is 22.6. The van der Waals surface area contributed by atoms with Crippen LogP contribution in [0, 0.1) is 0 Å². The third-order valence-electron chi connectivity index (χ3n) is 4.80. The Kier molecular flexibility index (Phi) is 9.01. The predicted octanol–water partition coefficient (Wildman–Crippen LogP) is 2.98. The summed E-state index contributed by atoms with van der Waals surface area (Å²) in [5.41, 5.74) is 1.31. The van der Waals surface area contributed by atoms with Gasteiger partial charge in [-0.15, -0.1) is 23.1 Å². The number of benzene rings is 1. The molecule has 0 aliphatic heterocycles. The second kappa shape index (κ2) is 12.0. The number of aryl methyl sites for hydroxylation is 2. The normalized spacial score (nSPS) is 13.6. The number of thiazole rings is 1. The van der Waals surface area contributed by atoms with E-state index in [1.807, 2.05) is 29.5 Å². The van der Waals surface area contributed by atoms with Crippen molar-refractivity contribution in [3.8, 4) is 0 Å². The van der Waals surface area contributed by atoms with Gasteiger partial charge in [0.25, 0.3) is 0 Å². The van der Waals surface area contributed by atoms with Gasteiger partial charge in [0.15, 0.2) is 5.96 Å². The minimum Gasteiger partial charge on any atom is -0.356 e. The molecule has 162 valence electrons. The number of thioether (sulfide) groups is 1. The summed E-state index contributed by atoms with van der Waals surface area (Å²) in [7, 11) is 3.50. The molecular formula is C22H31N5OS2. The average Bonchev–Trinajstić information content (AvgIpc) is 3.17. The third kappa shape index (κ3) is 7.32. The Morgan fingerprint density at radius 3 is 2.70 bits per heavy atom. The van der Waals surface area contributed by atoms with Crippen LogP contribution in [0.4, 0.5) is 0 Å². The molecule has 1 heterocycles.